The van der Waals surface area contributed by atoms with Gasteiger partial charge in [0.25, 0.3) is 0 Å². The number of carbonyl (C=O) groups excluding carboxylic acids is 4. The number of nitrogens with one attached hydrogen (secondary N) is 3. The maximum absolute atomic E-state index is 12.0. The molecule has 0 aromatic carbocycles. The van der Waals surface area contributed by atoms with Crippen LogP contribution in [-0.4, -0.2) is 51.1 Å². The van der Waals surface area contributed by atoms with Crippen molar-refractivity contribution in [3.8, 4) is 0 Å². The molecule has 2 amide bonds. The van der Waals surface area contributed by atoms with Crippen molar-refractivity contribution >= 4 is 24.9 Å². The first-order valence-electron chi connectivity index (χ1n) is 9.82. The molecule has 1 fully saturated rings. The van der Waals surface area contributed by atoms with E-state index in [0.717, 1.165) is 44.9 Å². The van der Waals surface area contributed by atoms with E-state index in [4.69, 9.17) is 4.79 Å². The van der Waals surface area contributed by atoms with Crippen LogP contribution in [0.15, 0.2) is 0 Å². The zero-order chi connectivity index (χ0) is 21.2. The lowest BCUT2D eigenvalue weighted by molar-refractivity contribution is -0.125. The van der Waals surface area contributed by atoms with Crippen LogP contribution in [-0.2, 0) is 19.2 Å². The second-order valence-corrected chi connectivity index (χ2v) is 7.19. The summed E-state index contributed by atoms with van der Waals surface area (Å²) >= 11 is 0. The standard InChI is InChI=1S/C14H27N3O2.C5H10O.CH2O/c1-9(2)7-12(15-4)14(19)16-6-5-11-10(3)8-17-13(11)18;1-2-3-4-5-6;1-2/h9-12,15H,5-8H2,1-4H3,(H,16,19)(H,17,18);5H,2-4H2,1H3;1H2. The first kappa shape index (κ1) is 27.5. The van der Waals surface area contributed by atoms with E-state index in [1.54, 1.807) is 7.05 Å². The molecule has 0 bridgehead atoms. The molecular formula is C20H39N3O4. The fraction of sp³-hybridized carbons (Fsp3) is 0.800. The minimum Gasteiger partial charge on any atom is -0.356 e. The molecule has 3 unspecified atom stereocenters. The van der Waals surface area contributed by atoms with Crippen molar-refractivity contribution in [1.29, 1.82) is 0 Å². The van der Waals surface area contributed by atoms with Crippen molar-refractivity contribution in [2.24, 2.45) is 17.8 Å². The van der Waals surface area contributed by atoms with E-state index in [1.165, 1.54) is 0 Å². The lowest BCUT2D eigenvalue weighted by atomic mass is 9.94. The summed E-state index contributed by atoms with van der Waals surface area (Å²) in [7, 11) is 1.80. The Labute approximate surface area is 164 Å². The van der Waals surface area contributed by atoms with Crippen molar-refractivity contribution < 1.29 is 19.2 Å². The van der Waals surface area contributed by atoms with Gasteiger partial charge in [-0.05, 0) is 38.1 Å². The third-order valence-corrected chi connectivity index (χ3v) is 4.42. The summed E-state index contributed by atoms with van der Waals surface area (Å²) in [4.78, 5) is 41.1. The molecule has 7 nitrogen and oxygen atoms in total. The number of rotatable bonds is 10. The molecule has 0 radical (unpaired) electrons. The van der Waals surface area contributed by atoms with Gasteiger partial charge in [0.1, 0.15) is 13.1 Å². The Kier molecular flexibility index (Phi) is 17.9. The number of hydrogen-bond donors (Lipinski definition) is 3. The van der Waals surface area contributed by atoms with Crippen LogP contribution in [0.2, 0.25) is 0 Å². The van der Waals surface area contributed by atoms with E-state index in [0.29, 0.717) is 18.4 Å². The molecule has 3 atom stereocenters. The smallest absolute Gasteiger partial charge is 0.237 e. The van der Waals surface area contributed by atoms with Crippen molar-refractivity contribution in [2.75, 3.05) is 20.1 Å². The highest BCUT2D eigenvalue weighted by Gasteiger charge is 2.30. The highest BCUT2D eigenvalue weighted by molar-refractivity contribution is 5.82. The number of likely N-dealkylation sites (N-methyl/N-ethyl adjacent to an activating group) is 1. The van der Waals surface area contributed by atoms with Crippen LogP contribution >= 0.6 is 0 Å². The number of hydrogen-bond acceptors (Lipinski definition) is 5. The molecule has 0 aromatic heterocycles. The zero-order valence-electron chi connectivity index (χ0n) is 17.7. The second-order valence-electron chi connectivity index (χ2n) is 7.19. The Hall–Kier alpha value is -1.76. The van der Waals surface area contributed by atoms with Crippen molar-refractivity contribution in [3.05, 3.63) is 0 Å². The molecule has 7 heteroatoms. The van der Waals surface area contributed by atoms with Crippen molar-refractivity contribution in [2.45, 2.75) is 65.8 Å². The molecule has 1 rings (SSSR count). The van der Waals surface area contributed by atoms with Gasteiger partial charge in [-0.3, -0.25) is 9.59 Å². The summed E-state index contributed by atoms with van der Waals surface area (Å²) in [6.45, 7) is 11.7. The van der Waals surface area contributed by atoms with Crippen LogP contribution in [0.5, 0.6) is 0 Å². The van der Waals surface area contributed by atoms with E-state index >= 15 is 0 Å². The topological polar surface area (TPSA) is 104 Å². The van der Waals surface area contributed by atoms with Crippen LogP contribution in [0.25, 0.3) is 0 Å². The monoisotopic (exact) mass is 385 g/mol. The summed E-state index contributed by atoms with van der Waals surface area (Å²) in [6, 6.07) is -0.144. The fourth-order valence-electron chi connectivity index (χ4n) is 2.80. The molecule has 1 aliphatic rings. The van der Waals surface area contributed by atoms with E-state index in [-0.39, 0.29) is 23.8 Å². The maximum Gasteiger partial charge on any atom is 0.237 e. The quantitative estimate of drug-likeness (QED) is 0.392. The average Bonchev–Trinajstić information content (AvgIpc) is 2.98. The molecule has 0 aliphatic carbocycles. The first-order valence-corrected chi connectivity index (χ1v) is 9.82. The molecule has 1 aliphatic heterocycles. The Bertz CT molecular complexity index is 416. The van der Waals surface area contributed by atoms with Crippen molar-refractivity contribution in [1.82, 2.24) is 16.0 Å². The third kappa shape index (κ3) is 13.1. The minimum absolute atomic E-state index is 0.0299. The lowest BCUT2D eigenvalue weighted by Gasteiger charge is -2.19. The molecule has 0 aromatic rings. The third-order valence-electron chi connectivity index (χ3n) is 4.42. The zero-order valence-corrected chi connectivity index (χ0v) is 17.7. The van der Waals surface area contributed by atoms with Gasteiger partial charge in [-0.1, -0.05) is 34.1 Å². The molecule has 0 saturated carbocycles. The normalized spacial score (nSPS) is 19.1. The highest BCUT2D eigenvalue weighted by Crippen LogP contribution is 2.20. The summed E-state index contributed by atoms with van der Waals surface area (Å²) in [5.41, 5.74) is 0. The lowest BCUT2D eigenvalue weighted by Crippen LogP contribution is -2.44. The molecular weight excluding hydrogens is 346 g/mol. The van der Waals surface area contributed by atoms with Gasteiger partial charge in [0.15, 0.2) is 0 Å². The number of amides is 2. The Balaban J connectivity index is 0. The van der Waals surface area contributed by atoms with E-state index < -0.39 is 0 Å². The number of carbonyl (C=O) groups is 4. The summed E-state index contributed by atoms with van der Waals surface area (Å²) in [5.74, 6) is 1.03. The van der Waals surface area contributed by atoms with Crippen LogP contribution in [0.1, 0.15) is 59.8 Å². The van der Waals surface area contributed by atoms with Crippen LogP contribution in [0.3, 0.4) is 0 Å². The summed E-state index contributed by atoms with van der Waals surface area (Å²) in [5, 5.41) is 8.82. The van der Waals surface area contributed by atoms with Gasteiger partial charge in [0, 0.05) is 25.4 Å². The van der Waals surface area contributed by atoms with Gasteiger partial charge in [-0.15, -0.1) is 0 Å². The predicted octanol–water partition coefficient (Wildman–Crippen LogP) is 1.70. The summed E-state index contributed by atoms with van der Waals surface area (Å²) in [6.07, 6.45) is 5.40. The van der Waals surface area contributed by atoms with E-state index in [1.807, 2.05) is 6.79 Å². The fourth-order valence-corrected chi connectivity index (χ4v) is 2.80. The molecule has 0 spiro atoms. The largest absolute Gasteiger partial charge is 0.356 e. The van der Waals surface area contributed by atoms with Gasteiger partial charge in [-0.2, -0.15) is 0 Å². The first-order chi connectivity index (χ1) is 12.9. The molecule has 27 heavy (non-hydrogen) atoms. The van der Waals surface area contributed by atoms with E-state index in [9.17, 15) is 14.4 Å². The predicted molar refractivity (Wildman–Crippen MR) is 108 cm³/mol. The number of unbranched alkanes of at least 4 members (excludes halogenated alkanes) is 2. The SMILES string of the molecule is C=O.CCCCC=O.CNC(CC(C)C)C(=O)NCCC1C(=O)NCC1C. The molecule has 1 saturated heterocycles. The molecule has 3 N–H and O–H groups in total. The van der Waals surface area contributed by atoms with Gasteiger partial charge < -0.3 is 25.5 Å². The van der Waals surface area contributed by atoms with Gasteiger partial charge >= 0.3 is 0 Å². The number of aldehydes is 1. The average molecular weight is 386 g/mol. The Morgan fingerprint density at radius 3 is 2.37 bits per heavy atom. The van der Waals surface area contributed by atoms with Crippen LogP contribution in [0, 0.1) is 17.8 Å². The maximum atomic E-state index is 12.0. The summed E-state index contributed by atoms with van der Waals surface area (Å²) < 4.78 is 0. The second kappa shape index (κ2) is 17.6. The van der Waals surface area contributed by atoms with Crippen LogP contribution < -0.4 is 16.0 Å². The Morgan fingerprint density at radius 1 is 1.37 bits per heavy atom. The van der Waals surface area contributed by atoms with Gasteiger partial charge in [-0.25, -0.2) is 0 Å². The van der Waals surface area contributed by atoms with Gasteiger partial charge in [0.2, 0.25) is 11.8 Å². The molecule has 1 heterocycles. The molecule has 158 valence electrons. The highest BCUT2D eigenvalue weighted by atomic mass is 16.2. The van der Waals surface area contributed by atoms with Crippen molar-refractivity contribution in [3.63, 3.8) is 0 Å². The Morgan fingerprint density at radius 2 is 2.00 bits per heavy atom. The van der Waals surface area contributed by atoms with Crippen LogP contribution in [0.4, 0.5) is 0 Å². The minimum atomic E-state index is -0.144. The van der Waals surface area contributed by atoms with Gasteiger partial charge in [0.05, 0.1) is 6.04 Å². The van der Waals surface area contributed by atoms with E-state index in [2.05, 4.69) is 43.6 Å².